The maximum atomic E-state index is 13.4. The number of aliphatic hydroxyl groups is 1. The number of hydrogen-bond donors (Lipinski definition) is 2. The molecule has 2 rings (SSSR count). The van der Waals surface area contributed by atoms with Crippen molar-refractivity contribution in [1.29, 1.82) is 0 Å². The third-order valence-corrected chi connectivity index (χ3v) is 4.75. The second-order valence-corrected chi connectivity index (χ2v) is 7.43. The number of rotatable bonds is 1. The fourth-order valence-electron chi connectivity index (χ4n) is 2.86. The molecule has 0 bridgehead atoms. The molecule has 1 saturated heterocycles. The first-order chi connectivity index (χ1) is 11.3. The van der Waals surface area contributed by atoms with Crippen LogP contribution in [-0.2, 0) is 6.18 Å². The molecular weight excluding hydrogens is 340 g/mol. The maximum absolute atomic E-state index is 13.4. The first kappa shape index (κ1) is 19.5. The summed E-state index contributed by atoms with van der Waals surface area (Å²) in [5.74, 6) is -1.08. The van der Waals surface area contributed by atoms with Gasteiger partial charge in [0.05, 0.1) is 11.2 Å². The molecule has 1 fully saturated rings. The van der Waals surface area contributed by atoms with Crippen molar-refractivity contribution < 1.29 is 27.5 Å². The van der Waals surface area contributed by atoms with Crippen LogP contribution in [-0.4, -0.2) is 34.7 Å². The third kappa shape index (κ3) is 4.42. The average Bonchev–Trinajstić information content (AvgIpc) is 2.45. The van der Waals surface area contributed by atoms with E-state index in [2.05, 4.69) is 5.32 Å². The Bertz CT molecular complexity index is 645. The molecular formula is C17H22F4N2O2. The van der Waals surface area contributed by atoms with Crippen molar-refractivity contribution in [2.75, 3.05) is 18.4 Å². The van der Waals surface area contributed by atoms with Crippen LogP contribution in [0.15, 0.2) is 18.2 Å². The predicted octanol–water partition coefficient (Wildman–Crippen LogP) is 4.25. The Morgan fingerprint density at radius 2 is 1.72 bits per heavy atom. The number of urea groups is 1. The molecule has 2 N–H and O–H groups in total. The van der Waals surface area contributed by atoms with Crippen LogP contribution in [0.1, 0.15) is 39.2 Å². The lowest BCUT2D eigenvalue weighted by Crippen LogP contribution is -2.53. The van der Waals surface area contributed by atoms with Crippen LogP contribution >= 0.6 is 0 Å². The zero-order chi connectivity index (χ0) is 19.0. The third-order valence-electron chi connectivity index (χ3n) is 4.75. The van der Waals surface area contributed by atoms with E-state index in [1.165, 1.54) is 4.90 Å². The Morgan fingerprint density at radius 1 is 1.16 bits per heavy atom. The van der Waals surface area contributed by atoms with Gasteiger partial charge in [-0.05, 0) is 36.5 Å². The number of benzene rings is 1. The van der Waals surface area contributed by atoms with Gasteiger partial charge in [0, 0.05) is 18.8 Å². The maximum Gasteiger partial charge on any atom is 0.416 e. The SMILES string of the molecule is CC(C)(C)C1(O)CCN(C(=O)Nc2cc(F)cc(C(F)(F)F)c2)CC1. The van der Waals surface area contributed by atoms with Crippen molar-refractivity contribution >= 4 is 11.7 Å². The summed E-state index contributed by atoms with van der Waals surface area (Å²) < 4.78 is 51.5. The largest absolute Gasteiger partial charge is 0.416 e. The highest BCUT2D eigenvalue weighted by atomic mass is 19.4. The van der Waals surface area contributed by atoms with Gasteiger partial charge in [-0.2, -0.15) is 13.2 Å². The van der Waals surface area contributed by atoms with Gasteiger partial charge in [-0.25, -0.2) is 9.18 Å². The lowest BCUT2D eigenvalue weighted by atomic mass is 9.71. The first-order valence-corrected chi connectivity index (χ1v) is 7.98. The highest BCUT2D eigenvalue weighted by Crippen LogP contribution is 2.38. The Kier molecular flexibility index (Phi) is 5.05. The highest BCUT2D eigenvalue weighted by molar-refractivity contribution is 5.89. The lowest BCUT2D eigenvalue weighted by molar-refractivity contribution is -0.137. The van der Waals surface area contributed by atoms with Gasteiger partial charge in [-0.3, -0.25) is 0 Å². The number of anilines is 1. The number of amides is 2. The van der Waals surface area contributed by atoms with Gasteiger partial charge in [0.1, 0.15) is 5.82 Å². The number of piperidine rings is 1. The minimum atomic E-state index is -4.70. The van der Waals surface area contributed by atoms with E-state index in [0.717, 1.165) is 6.07 Å². The minimum absolute atomic E-state index is 0.256. The number of nitrogens with zero attached hydrogens (tertiary/aromatic N) is 1. The molecule has 2 amide bonds. The van der Waals surface area contributed by atoms with Crippen molar-refractivity contribution in [1.82, 2.24) is 4.90 Å². The van der Waals surface area contributed by atoms with Crippen molar-refractivity contribution in [2.24, 2.45) is 5.41 Å². The number of carbonyl (C=O) groups is 1. The fourth-order valence-corrected chi connectivity index (χ4v) is 2.86. The number of likely N-dealkylation sites (tertiary alicyclic amines) is 1. The molecule has 1 aliphatic rings. The topological polar surface area (TPSA) is 52.6 Å². The molecule has 1 aliphatic heterocycles. The summed E-state index contributed by atoms with van der Waals surface area (Å²) in [6.07, 6.45) is -3.97. The van der Waals surface area contributed by atoms with Crippen molar-refractivity contribution in [3.63, 3.8) is 0 Å². The number of halogens is 4. The summed E-state index contributed by atoms with van der Waals surface area (Å²) in [5.41, 5.74) is -2.68. The monoisotopic (exact) mass is 362 g/mol. The van der Waals surface area contributed by atoms with Gasteiger partial charge in [-0.15, -0.1) is 0 Å². The van der Waals surface area contributed by atoms with E-state index in [1.807, 2.05) is 20.8 Å². The minimum Gasteiger partial charge on any atom is -0.389 e. The lowest BCUT2D eigenvalue weighted by Gasteiger charge is -2.46. The molecule has 0 spiro atoms. The zero-order valence-corrected chi connectivity index (χ0v) is 14.4. The van der Waals surface area contributed by atoms with Crippen molar-refractivity contribution in [3.05, 3.63) is 29.6 Å². The van der Waals surface area contributed by atoms with Gasteiger partial charge in [0.2, 0.25) is 0 Å². The van der Waals surface area contributed by atoms with Crippen molar-refractivity contribution in [3.8, 4) is 0 Å². The summed E-state index contributed by atoms with van der Waals surface area (Å²) in [4.78, 5) is 13.6. The predicted molar refractivity (Wildman–Crippen MR) is 85.6 cm³/mol. The molecule has 0 radical (unpaired) electrons. The van der Waals surface area contributed by atoms with Crippen LogP contribution in [0, 0.1) is 11.2 Å². The van der Waals surface area contributed by atoms with Crippen molar-refractivity contribution in [2.45, 2.75) is 45.4 Å². The first-order valence-electron chi connectivity index (χ1n) is 7.98. The van der Waals surface area contributed by atoms with E-state index in [4.69, 9.17) is 0 Å². The van der Waals surface area contributed by atoms with Gasteiger partial charge in [0.15, 0.2) is 0 Å². The molecule has 1 aromatic carbocycles. The molecule has 8 heteroatoms. The van der Waals surface area contributed by atoms with Crippen LogP contribution in [0.2, 0.25) is 0 Å². The van der Waals surface area contributed by atoms with Crippen LogP contribution in [0.4, 0.5) is 28.0 Å². The van der Waals surface area contributed by atoms with Gasteiger partial charge in [0.25, 0.3) is 0 Å². The van der Waals surface area contributed by atoms with Gasteiger partial charge >= 0.3 is 12.2 Å². The summed E-state index contributed by atoms with van der Waals surface area (Å²) in [5, 5.41) is 12.9. The number of alkyl halides is 3. The highest BCUT2D eigenvalue weighted by Gasteiger charge is 2.43. The molecule has 1 heterocycles. The van der Waals surface area contributed by atoms with E-state index in [1.54, 1.807) is 0 Å². The van der Waals surface area contributed by atoms with E-state index < -0.39 is 29.2 Å². The summed E-state index contributed by atoms with van der Waals surface area (Å²) in [7, 11) is 0. The number of nitrogens with one attached hydrogen (secondary N) is 1. The van der Waals surface area contributed by atoms with E-state index in [-0.39, 0.29) is 24.2 Å². The Hall–Kier alpha value is -1.83. The number of hydrogen-bond acceptors (Lipinski definition) is 2. The molecule has 25 heavy (non-hydrogen) atoms. The van der Waals surface area contributed by atoms with Crippen LogP contribution in [0.3, 0.4) is 0 Å². The Balaban J connectivity index is 2.06. The fraction of sp³-hybridized carbons (Fsp3) is 0.588. The molecule has 0 saturated carbocycles. The van der Waals surface area contributed by atoms with E-state index >= 15 is 0 Å². The normalized spacial score (nSPS) is 18.2. The molecule has 4 nitrogen and oxygen atoms in total. The number of carbonyl (C=O) groups excluding carboxylic acids is 1. The van der Waals surface area contributed by atoms with Crippen LogP contribution in [0.25, 0.3) is 0 Å². The van der Waals surface area contributed by atoms with Gasteiger partial charge < -0.3 is 15.3 Å². The smallest absolute Gasteiger partial charge is 0.389 e. The quantitative estimate of drug-likeness (QED) is 0.734. The molecule has 0 aliphatic carbocycles. The molecule has 0 unspecified atom stereocenters. The Morgan fingerprint density at radius 3 is 2.20 bits per heavy atom. The molecule has 0 atom stereocenters. The summed E-state index contributed by atoms with van der Waals surface area (Å²) in [6.45, 7) is 6.26. The standard InChI is InChI=1S/C17H22F4N2O2/c1-15(2,3)16(25)4-6-23(7-5-16)14(24)22-13-9-11(17(19,20)21)8-12(18)10-13/h8-10,25H,4-7H2,1-3H3,(H,22,24). The summed E-state index contributed by atoms with van der Waals surface area (Å²) >= 11 is 0. The molecule has 140 valence electrons. The van der Waals surface area contributed by atoms with E-state index in [0.29, 0.717) is 25.0 Å². The average molecular weight is 362 g/mol. The van der Waals surface area contributed by atoms with E-state index in [9.17, 15) is 27.5 Å². The summed E-state index contributed by atoms with van der Waals surface area (Å²) in [6, 6.07) is 1.29. The van der Waals surface area contributed by atoms with Crippen LogP contribution in [0.5, 0.6) is 0 Å². The molecule has 1 aromatic rings. The second-order valence-electron chi connectivity index (χ2n) is 7.43. The van der Waals surface area contributed by atoms with Gasteiger partial charge in [-0.1, -0.05) is 20.8 Å². The molecule has 0 aromatic heterocycles. The zero-order valence-electron chi connectivity index (χ0n) is 14.4. The second kappa shape index (κ2) is 6.48. The Labute approximate surface area is 143 Å². The van der Waals surface area contributed by atoms with Crippen LogP contribution < -0.4 is 5.32 Å².